The van der Waals surface area contributed by atoms with Crippen molar-refractivity contribution in [2.45, 2.75) is 6.42 Å². The molecule has 2 N–H and O–H groups in total. The zero-order valence-corrected chi connectivity index (χ0v) is 8.85. The van der Waals surface area contributed by atoms with E-state index in [2.05, 4.69) is 10.6 Å². The van der Waals surface area contributed by atoms with Crippen molar-refractivity contribution in [2.75, 3.05) is 17.7 Å². The molecule has 0 aromatic heterocycles. The third-order valence-corrected chi connectivity index (χ3v) is 1.95. The van der Waals surface area contributed by atoms with Crippen molar-refractivity contribution in [3.8, 4) is 0 Å². The fraction of sp³-hybridized carbons (Fsp3) is 0.300. The number of alkyl halides is 1. The molecule has 5 heteroatoms. The molecule has 3 nitrogen and oxygen atoms in total. The van der Waals surface area contributed by atoms with Crippen molar-refractivity contribution >= 4 is 23.3 Å². The first kappa shape index (κ1) is 11.8. The summed E-state index contributed by atoms with van der Waals surface area (Å²) in [5.41, 5.74) is 0.429. The van der Waals surface area contributed by atoms with Crippen molar-refractivity contribution in [1.29, 1.82) is 0 Å². The molecule has 0 spiro atoms. The number of hydrogen-bond donors (Lipinski definition) is 2. The van der Waals surface area contributed by atoms with Crippen molar-refractivity contribution in [3.63, 3.8) is 0 Å². The summed E-state index contributed by atoms with van der Waals surface area (Å²) in [6, 6.07) is 5.36. The van der Waals surface area contributed by atoms with Gasteiger partial charge in [-0.1, -0.05) is 6.07 Å². The highest BCUT2D eigenvalue weighted by Gasteiger charge is 2.00. The van der Waals surface area contributed by atoms with Crippen LogP contribution < -0.4 is 10.6 Å². The highest BCUT2D eigenvalue weighted by molar-refractivity contribution is 6.17. The van der Waals surface area contributed by atoms with Gasteiger partial charge >= 0.3 is 6.03 Å². The highest BCUT2D eigenvalue weighted by Crippen LogP contribution is 2.08. The number of amides is 2. The van der Waals surface area contributed by atoms with Crippen molar-refractivity contribution in [2.24, 2.45) is 0 Å². The van der Waals surface area contributed by atoms with E-state index in [-0.39, 0.29) is 11.8 Å². The van der Waals surface area contributed by atoms with Gasteiger partial charge < -0.3 is 10.6 Å². The molecule has 0 bridgehead atoms. The lowest BCUT2D eigenvalue weighted by Gasteiger charge is -2.06. The molecule has 0 aliphatic carbocycles. The second-order valence-electron chi connectivity index (χ2n) is 2.93. The van der Waals surface area contributed by atoms with Gasteiger partial charge in [0.15, 0.2) is 0 Å². The van der Waals surface area contributed by atoms with E-state index in [1.165, 1.54) is 18.2 Å². The van der Waals surface area contributed by atoms with E-state index in [1.54, 1.807) is 6.07 Å². The molecular formula is C10H12ClFN2O. The van der Waals surface area contributed by atoms with Crippen molar-refractivity contribution in [1.82, 2.24) is 5.32 Å². The molecule has 0 aliphatic heterocycles. The van der Waals surface area contributed by atoms with Crippen LogP contribution in [0.1, 0.15) is 6.42 Å². The molecule has 0 heterocycles. The number of hydrogen-bond acceptors (Lipinski definition) is 1. The van der Waals surface area contributed by atoms with Gasteiger partial charge in [0.2, 0.25) is 0 Å². The lowest BCUT2D eigenvalue weighted by atomic mass is 10.3. The third-order valence-electron chi connectivity index (χ3n) is 1.68. The molecule has 1 rings (SSSR count). The Bertz CT molecular complexity index is 333. The second-order valence-corrected chi connectivity index (χ2v) is 3.31. The summed E-state index contributed by atoms with van der Waals surface area (Å²) in [4.78, 5) is 11.2. The molecular weight excluding hydrogens is 219 g/mol. The molecule has 0 radical (unpaired) electrons. The normalized spacial score (nSPS) is 9.73. The maximum Gasteiger partial charge on any atom is 0.319 e. The predicted octanol–water partition coefficient (Wildman–Crippen LogP) is 2.58. The molecule has 2 amide bonds. The topological polar surface area (TPSA) is 41.1 Å². The lowest BCUT2D eigenvalue weighted by molar-refractivity contribution is 0.252. The number of anilines is 1. The van der Waals surface area contributed by atoms with E-state index < -0.39 is 0 Å². The van der Waals surface area contributed by atoms with Crippen LogP contribution in [-0.2, 0) is 0 Å². The van der Waals surface area contributed by atoms with Gasteiger partial charge in [0, 0.05) is 18.1 Å². The van der Waals surface area contributed by atoms with Crippen molar-refractivity contribution in [3.05, 3.63) is 30.1 Å². The van der Waals surface area contributed by atoms with Gasteiger partial charge in [0.05, 0.1) is 0 Å². The smallest absolute Gasteiger partial charge is 0.319 e. The Kier molecular flexibility index (Phi) is 4.90. The average Bonchev–Trinajstić information content (AvgIpc) is 2.18. The summed E-state index contributed by atoms with van der Waals surface area (Å²) < 4.78 is 12.7. The zero-order chi connectivity index (χ0) is 11.1. The number of carbonyl (C=O) groups excluding carboxylic acids is 1. The van der Waals surface area contributed by atoms with E-state index >= 15 is 0 Å². The van der Waals surface area contributed by atoms with Crippen molar-refractivity contribution < 1.29 is 9.18 Å². The Labute approximate surface area is 92.6 Å². The summed E-state index contributed by atoms with van der Waals surface area (Å²) in [5, 5.41) is 5.10. The zero-order valence-electron chi connectivity index (χ0n) is 8.09. The first-order valence-electron chi connectivity index (χ1n) is 4.59. The van der Waals surface area contributed by atoms with Gasteiger partial charge in [-0.2, -0.15) is 0 Å². The van der Waals surface area contributed by atoms with Crippen LogP contribution >= 0.6 is 11.6 Å². The Balaban J connectivity index is 2.37. The van der Waals surface area contributed by atoms with Crippen LogP contribution in [-0.4, -0.2) is 18.5 Å². The van der Waals surface area contributed by atoms with Crippen LogP contribution in [0.5, 0.6) is 0 Å². The summed E-state index contributed by atoms with van der Waals surface area (Å²) in [7, 11) is 0. The molecule has 1 aromatic carbocycles. The fourth-order valence-electron chi connectivity index (χ4n) is 1.01. The Morgan fingerprint density at radius 2 is 2.27 bits per heavy atom. The quantitative estimate of drug-likeness (QED) is 0.606. The van der Waals surface area contributed by atoms with Gasteiger partial charge in [-0.05, 0) is 24.6 Å². The largest absolute Gasteiger partial charge is 0.338 e. The highest BCUT2D eigenvalue weighted by atomic mass is 35.5. The third kappa shape index (κ3) is 4.65. The number of carbonyl (C=O) groups is 1. The number of halogens is 2. The lowest BCUT2D eigenvalue weighted by Crippen LogP contribution is -2.29. The molecule has 1 aromatic rings. The van der Waals surface area contributed by atoms with Gasteiger partial charge in [-0.3, -0.25) is 0 Å². The summed E-state index contributed by atoms with van der Waals surface area (Å²) in [6.07, 6.45) is 0.706. The fourth-order valence-corrected chi connectivity index (χ4v) is 1.14. The monoisotopic (exact) mass is 230 g/mol. The van der Waals surface area contributed by atoms with E-state index in [0.717, 1.165) is 0 Å². The minimum absolute atomic E-state index is 0.356. The SMILES string of the molecule is O=C(NCCCCl)Nc1cccc(F)c1. The predicted molar refractivity (Wildman–Crippen MR) is 58.8 cm³/mol. The summed E-state index contributed by atoms with van der Waals surface area (Å²) >= 11 is 5.44. The molecule has 15 heavy (non-hydrogen) atoms. The van der Waals surface area contributed by atoms with E-state index in [1.807, 2.05) is 0 Å². The molecule has 0 saturated heterocycles. The minimum atomic E-state index is -0.381. The van der Waals surface area contributed by atoms with Gasteiger partial charge in [-0.25, -0.2) is 9.18 Å². The number of nitrogens with one attached hydrogen (secondary N) is 2. The van der Waals surface area contributed by atoms with Gasteiger partial charge in [0.25, 0.3) is 0 Å². The van der Waals surface area contributed by atoms with Crippen LogP contribution in [0.3, 0.4) is 0 Å². The molecule has 0 aliphatic rings. The van der Waals surface area contributed by atoms with Gasteiger partial charge in [0.1, 0.15) is 5.82 Å². The van der Waals surface area contributed by atoms with Crippen LogP contribution in [0.25, 0.3) is 0 Å². The average molecular weight is 231 g/mol. The maximum absolute atomic E-state index is 12.7. The molecule has 82 valence electrons. The maximum atomic E-state index is 12.7. The van der Waals surface area contributed by atoms with Gasteiger partial charge in [-0.15, -0.1) is 11.6 Å². The van der Waals surface area contributed by atoms with Crippen LogP contribution in [0.2, 0.25) is 0 Å². The standard InChI is InChI=1S/C10H12ClFN2O/c11-5-2-6-13-10(15)14-9-4-1-3-8(12)7-9/h1,3-4,7H,2,5-6H2,(H2,13,14,15). The Morgan fingerprint density at radius 3 is 2.93 bits per heavy atom. The van der Waals surface area contributed by atoms with E-state index in [9.17, 15) is 9.18 Å². The molecule has 0 atom stereocenters. The first-order valence-corrected chi connectivity index (χ1v) is 5.12. The first-order chi connectivity index (χ1) is 7.22. The van der Waals surface area contributed by atoms with E-state index in [4.69, 9.17) is 11.6 Å². The van der Waals surface area contributed by atoms with Crippen LogP contribution in [0.4, 0.5) is 14.9 Å². The number of urea groups is 1. The minimum Gasteiger partial charge on any atom is -0.338 e. The molecule has 0 fully saturated rings. The molecule has 0 saturated carbocycles. The van der Waals surface area contributed by atoms with Crippen LogP contribution in [0, 0.1) is 5.82 Å². The Hall–Kier alpha value is -1.29. The Morgan fingerprint density at radius 1 is 1.47 bits per heavy atom. The number of rotatable bonds is 4. The van der Waals surface area contributed by atoms with Crippen LogP contribution in [0.15, 0.2) is 24.3 Å². The summed E-state index contributed by atoms with van der Waals surface area (Å²) in [6.45, 7) is 0.505. The second kappa shape index (κ2) is 6.24. The van der Waals surface area contributed by atoms with E-state index in [0.29, 0.717) is 24.5 Å². The summed E-state index contributed by atoms with van der Waals surface area (Å²) in [5.74, 6) is 0.119. The number of benzene rings is 1. The molecule has 0 unspecified atom stereocenters.